The van der Waals surface area contributed by atoms with E-state index in [0.29, 0.717) is 66.4 Å². The first-order valence-corrected chi connectivity index (χ1v) is 27.1. The molecule has 0 bridgehead atoms. The van der Waals surface area contributed by atoms with Gasteiger partial charge in [0.15, 0.2) is 10.8 Å². The monoisotopic (exact) mass is 1010 g/mol. The number of hydrogen-bond donors (Lipinski definition) is 3. The second kappa shape index (κ2) is 21.0. The van der Waals surface area contributed by atoms with Crippen molar-refractivity contribution < 1.29 is 29.0 Å². The van der Waals surface area contributed by atoms with Crippen LogP contribution in [0.2, 0.25) is 0 Å². The smallest absolute Gasteiger partial charge is 0.355 e. The number of aromatic carboxylic acids is 1. The van der Waals surface area contributed by atoms with Gasteiger partial charge >= 0.3 is 5.97 Å². The van der Waals surface area contributed by atoms with Crippen LogP contribution in [0.15, 0.2) is 91.0 Å². The number of thiazole rings is 1. The maximum atomic E-state index is 13.7. The van der Waals surface area contributed by atoms with Crippen LogP contribution in [0.4, 0.5) is 16.6 Å². The van der Waals surface area contributed by atoms with Gasteiger partial charge in [0.05, 0.1) is 33.4 Å². The molecule has 3 amide bonds. The number of nitrogens with zero attached hydrogens (tertiary/aromatic N) is 7. The summed E-state index contributed by atoms with van der Waals surface area (Å²) in [5.74, 6) is -0.187. The molecule has 7 aromatic rings. The van der Waals surface area contributed by atoms with Crippen molar-refractivity contribution >= 4 is 72.8 Å². The molecule has 16 heteroatoms. The van der Waals surface area contributed by atoms with Crippen LogP contribution in [0, 0.1) is 12.8 Å². The van der Waals surface area contributed by atoms with Crippen molar-refractivity contribution in [3.8, 4) is 16.9 Å². The second-order valence-electron chi connectivity index (χ2n) is 20.7. The molecule has 0 spiro atoms. The van der Waals surface area contributed by atoms with Gasteiger partial charge in [0.1, 0.15) is 11.6 Å². The number of piperidine rings is 1. The van der Waals surface area contributed by atoms with Gasteiger partial charge in [0.25, 0.3) is 5.91 Å². The number of carboxylic acids is 1. The molecule has 2 atom stereocenters. The Labute approximate surface area is 434 Å². The van der Waals surface area contributed by atoms with E-state index in [2.05, 4.69) is 61.5 Å². The fourth-order valence-corrected chi connectivity index (χ4v) is 12.7. The van der Waals surface area contributed by atoms with E-state index in [1.54, 1.807) is 0 Å². The van der Waals surface area contributed by atoms with Crippen LogP contribution in [0.25, 0.3) is 32.2 Å². The zero-order valence-corrected chi connectivity index (χ0v) is 43.1. The fraction of sp³-hybridized carbons (Fsp3) is 0.397. The van der Waals surface area contributed by atoms with Crippen molar-refractivity contribution in [2.24, 2.45) is 13.0 Å². The van der Waals surface area contributed by atoms with E-state index in [4.69, 9.17) is 14.8 Å². The Morgan fingerprint density at radius 1 is 0.878 bits per heavy atom. The molecular weight excluding hydrogens is 951 g/mol. The van der Waals surface area contributed by atoms with Crippen molar-refractivity contribution in [1.82, 2.24) is 30.0 Å². The number of imide groups is 1. The number of carboxylic acid groups (broad SMARTS) is 1. The van der Waals surface area contributed by atoms with Crippen molar-refractivity contribution in [3.63, 3.8) is 0 Å². The van der Waals surface area contributed by atoms with Gasteiger partial charge in [-0.05, 0) is 148 Å². The maximum Gasteiger partial charge on any atom is 0.355 e. The molecule has 1 unspecified atom stereocenters. The van der Waals surface area contributed by atoms with Gasteiger partial charge < -0.3 is 19.6 Å². The number of benzene rings is 4. The van der Waals surface area contributed by atoms with Crippen LogP contribution in [0.1, 0.15) is 114 Å². The largest absolute Gasteiger partial charge is 0.490 e. The molecule has 3 fully saturated rings. The van der Waals surface area contributed by atoms with Crippen LogP contribution in [-0.2, 0) is 29.6 Å². The van der Waals surface area contributed by atoms with Gasteiger partial charge in [-0.25, -0.2) is 14.8 Å². The van der Waals surface area contributed by atoms with E-state index < -0.39 is 11.9 Å². The minimum absolute atomic E-state index is 0.0173. The summed E-state index contributed by atoms with van der Waals surface area (Å²) in [6, 6.07) is 30.0. The number of piperazine rings is 1. The number of rotatable bonds is 14. The van der Waals surface area contributed by atoms with E-state index in [0.717, 1.165) is 107 Å². The molecule has 6 heterocycles. The highest BCUT2D eigenvalue weighted by atomic mass is 32.1. The quantitative estimate of drug-likeness (QED) is 0.0696. The van der Waals surface area contributed by atoms with Crippen molar-refractivity contribution in [2.45, 2.75) is 103 Å². The first kappa shape index (κ1) is 49.1. The lowest BCUT2D eigenvalue weighted by Crippen LogP contribution is -2.52. The van der Waals surface area contributed by atoms with E-state index in [-0.39, 0.29) is 29.5 Å². The SMILES string of the molecule is Cc1c(OC2CCC(CCCCN3CCN(c4ccc5c(C6CCC(=O)NC6=O)nn(C)c5c4)[C@@H](C)C3)CC2)cccc1-c1ccc(N2CCc3cccc(C(=O)Nc4nc5ccccc5s4)c3C2)nc1C(=O)O. The molecular formula is C58H63N9O6S. The first-order chi connectivity index (χ1) is 35.9. The third-order valence-electron chi connectivity index (χ3n) is 15.9. The molecule has 74 heavy (non-hydrogen) atoms. The number of ether oxygens (including phenoxy) is 1. The van der Waals surface area contributed by atoms with E-state index >= 15 is 0 Å². The second-order valence-corrected chi connectivity index (χ2v) is 21.7. The molecule has 3 aliphatic heterocycles. The summed E-state index contributed by atoms with van der Waals surface area (Å²) in [7, 11) is 1.92. The van der Waals surface area contributed by atoms with Gasteiger partial charge in [0, 0.05) is 74.4 Å². The third-order valence-corrected chi connectivity index (χ3v) is 16.9. The number of carbonyl (C=O) groups excluding carboxylic acids is 3. The number of nitrogens with one attached hydrogen (secondary N) is 2. The number of carbonyl (C=O) groups is 4. The summed E-state index contributed by atoms with van der Waals surface area (Å²) < 4.78 is 9.56. The fourth-order valence-electron chi connectivity index (χ4n) is 11.9. The number of pyridine rings is 1. The first-order valence-electron chi connectivity index (χ1n) is 26.3. The summed E-state index contributed by atoms with van der Waals surface area (Å²) >= 11 is 1.44. The standard InChI is InChI=1S/C58H63N9O6S/c1-35-33-65(30-31-67(35)39-19-22-44-48(32-39)64(3)63-53(44)45-24-26-52(68)61-56(45)70)28-7-6-10-37-17-20-40(21-18-37)73-49-15-9-12-41(36(49)2)42-23-25-51(60-54(42)57(71)72)66-29-27-38-11-8-13-43(46(38)34-66)55(69)62-58-59-47-14-4-5-16-50(47)74-58/h4-5,8-9,11-16,19,22-23,25,32,35,37,40,45H,6-7,10,17-18,20-21,24,26-31,33-34H2,1-3H3,(H,71,72)(H,59,62,69)(H,61,68,70)/t35-,37?,40?,45?/m0/s1. The van der Waals surface area contributed by atoms with Gasteiger partial charge in [-0.15, -0.1) is 0 Å². The van der Waals surface area contributed by atoms with Crippen molar-refractivity contribution in [3.05, 3.63) is 125 Å². The number of aromatic nitrogens is 4. The Morgan fingerprint density at radius 3 is 2.53 bits per heavy atom. The molecule has 0 radical (unpaired) electrons. The minimum Gasteiger partial charge on any atom is -0.490 e. The number of aryl methyl sites for hydroxylation is 1. The molecule has 1 saturated carbocycles. The molecule has 3 aromatic heterocycles. The van der Waals surface area contributed by atoms with Gasteiger partial charge in [0.2, 0.25) is 11.8 Å². The lowest BCUT2D eigenvalue weighted by molar-refractivity contribution is -0.134. The average Bonchev–Trinajstić information content (AvgIpc) is 3.97. The predicted octanol–water partition coefficient (Wildman–Crippen LogP) is 9.91. The highest BCUT2D eigenvalue weighted by molar-refractivity contribution is 7.22. The number of unbranched alkanes of at least 4 members (excludes halogenated alkanes) is 1. The summed E-state index contributed by atoms with van der Waals surface area (Å²) in [6.07, 6.45) is 9.52. The van der Waals surface area contributed by atoms with Gasteiger partial charge in [-0.3, -0.25) is 34.6 Å². The summed E-state index contributed by atoms with van der Waals surface area (Å²) in [5.41, 5.74) is 8.52. The topological polar surface area (TPSA) is 175 Å². The van der Waals surface area contributed by atoms with Crippen LogP contribution in [0.5, 0.6) is 5.75 Å². The van der Waals surface area contributed by atoms with E-state index in [9.17, 15) is 24.3 Å². The van der Waals surface area contributed by atoms with Crippen LogP contribution < -0.4 is 25.2 Å². The Hall–Kier alpha value is -7.17. The summed E-state index contributed by atoms with van der Waals surface area (Å²) in [5, 5.41) is 22.3. The lowest BCUT2D eigenvalue weighted by Gasteiger charge is -2.41. The molecule has 382 valence electrons. The normalized spacial score (nSPS) is 20.4. The third kappa shape index (κ3) is 10.1. The molecule has 4 aliphatic rings. The Bertz CT molecular complexity index is 3250. The van der Waals surface area contributed by atoms with Gasteiger partial charge in [-0.1, -0.05) is 60.6 Å². The highest BCUT2D eigenvalue weighted by Gasteiger charge is 2.33. The zero-order valence-electron chi connectivity index (χ0n) is 42.3. The Balaban J connectivity index is 0.654. The maximum absolute atomic E-state index is 13.7. The highest BCUT2D eigenvalue weighted by Crippen LogP contribution is 2.38. The van der Waals surface area contributed by atoms with Crippen LogP contribution >= 0.6 is 11.3 Å². The zero-order chi connectivity index (χ0) is 51.0. The predicted molar refractivity (Wildman–Crippen MR) is 289 cm³/mol. The van der Waals surface area contributed by atoms with Gasteiger partial charge in [-0.2, -0.15) is 5.10 Å². The number of amides is 3. The molecule has 2 saturated heterocycles. The average molecular weight is 1010 g/mol. The number of anilines is 3. The van der Waals surface area contributed by atoms with E-state index in [1.165, 1.54) is 36.3 Å². The molecule has 1 aliphatic carbocycles. The van der Waals surface area contributed by atoms with Crippen molar-refractivity contribution in [2.75, 3.05) is 47.8 Å². The summed E-state index contributed by atoms with van der Waals surface area (Å²) in [6.45, 7) is 9.44. The minimum atomic E-state index is -1.10. The number of fused-ring (bicyclic) bond motifs is 3. The number of hydrogen-bond acceptors (Lipinski definition) is 12. The van der Waals surface area contributed by atoms with E-state index in [1.807, 2.05) is 85.4 Å². The summed E-state index contributed by atoms with van der Waals surface area (Å²) in [4.78, 5) is 67.5. The Morgan fingerprint density at radius 2 is 1.72 bits per heavy atom. The molecule has 3 N–H and O–H groups in total. The molecule has 4 aromatic carbocycles. The molecule has 15 nitrogen and oxygen atoms in total. The van der Waals surface area contributed by atoms with Crippen LogP contribution in [-0.4, -0.2) is 98.3 Å². The number of para-hydroxylation sites is 1. The lowest BCUT2D eigenvalue weighted by atomic mass is 9.84. The molecule has 11 rings (SSSR count). The van der Waals surface area contributed by atoms with Crippen LogP contribution in [0.3, 0.4) is 0 Å². The Kier molecular flexibility index (Phi) is 13.9. The van der Waals surface area contributed by atoms with Crippen molar-refractivity contribution in [1.29, 1.82) is 0 Å².